The first-order valence-corrected chi connectivity index (χ1v) is 10.6. The van der Waals surface area contributed by atoms with Crippen molar-refractivity contribution in [3.05, 3.63) is 65.7 Å². The number of β-amino-alcohol motifs (C(OH)–C–C–N with tert-alkyl or cyclic N) is 1. The summed E-state index contributed by atoms with van der Waals surface area (Å²) in [5.74, 6) is 0.0123. The van der Waals surface area contributed by atoms with Crippen LogP contribution in [0.25, 0.3) is 22.3 Å². The van der Waals surface area contributed by atoms with E-state index in [1.807, 2.05) is 69.7 Å². The van der Waals surface area contributed by atoms with E-state index in [9.17, 15) is 4.79 Å². The van der Waals surface area contributed by atoms with Crippen molar-refractivity contribution in [1.29, 1.82) is 0 Å². The standard InChI is InChI=1S/C22H24N4O2S/c27-15-14-24-10-12-25(13-11-24)21(28)9-8-18-17-26(19-5-2-1-3-6-19)23-22(18)20-7-4-16-29-20/h1-9,16-17,27H,10-15H2/b9-8+. The molecule has 0 spiro atoms. The summed E-state index contributed by atoms with van der Waals surface area (Å²) in [5.41, 5.74) is 2.78. The zero-order chi connectivity index (χ0) is 20.1. The van der Waals surface area contributed by atoms with Gasteiger partial charge in [-0.25, -0.2) is 4.68 Å². The van der Waals surface area contributed by atoms with Crippen LogP contribution in [0.1, 0.15) is 5.56 Å². The summed E-state index contributed by atoms with van der Waals surface area (Å²) in [4.78, 5) is 17.8. The van der Waals surface area contributed by atoms with E-state index >= 15 is 0 Å². The van der Waals surface area contributed by atoms with Crippen LogP contribution in [-0.2, 0) is 4.79 Å². The van der Waals surface area contributed by atoms with Crippen molar-refractivity contribution in [1.82, 2.24) is 19.6 Å². The highest BCUT2D eigenvalue weighted by Gasteiger charge is 2.19. The number of thiophene rings is 1. The molecule has 0 radical (unpaired) electrons. The molecule has 1 amide bonds. The van der Waals surface area contributed by atoms with Crippen molar-refractivity contribution in [2.75, 3.05) is 39.3 Å². The second-order valence-electron chi connectivity index (χ2n) is 6.91. The largest absolute Gasteiger partial charge is 0.395 e. The Morgan fingerprint density at radius 2 is 1.90 bits per heavy atom. The molecule has 1 fully saturated rings. The number of aliphatic hydroxyl groups excluding tert-OH is 1. The summed E-state index contributed by atoms with van der Waals surface area (Å²) in [7, 11) is 0. The highest BCUT2D eigenvalue weighted by Crippen LogP contribution is 2.28. The third kappa shape index (κ3) is 4.64. The Bertz CT molecular complexity index is 958. The summed E-state index contributed by atoms with van der Waals surface area (Å²) in [6, 6.07) is 14.0. The lowest BCUT2D eigenvalue weighted by molar-refractivity contribution is -0.127. The minimum Gasteiger partial charge on any atom is -0.395 e. The number of hydrogen-bond acceptors (Lipinski definition) is 5. The summed E-state index contributed by atoms with van der Waals surface area (Å²) >= 11 is 1.63. The fourth-order valence-corrected chi connectivity index (χ4v) is 4.16. The monoisotopic (exact) mass is 408 g/mol. The summed E-state index contributed by atoms with van der Waals surface area (Å²) in [6.45, 7) is 3.79. The molecule has 29 heavy (non-hydrogen) atoms. The van der Waals surface area contributed by atoms with Gasteiger partial charge in [0.05, 0.1) is 17.2 Å². The Morgan fingerprint density at radius 1 is 1.10 bits per heavy atom. The third-order valence-electron chi connectivity index (χ3n) is 5.02. The lowest BCUT2D eigenvalue weighted by Gasteiger charge is -2.33. The lowest BCUT2D eigenvalue weighted by Crippen LogP contribution is -2.48. The van der Waals surface area contributed by atoms with E-state index in [-0.39, 0.29) is 12.5 Å². The molecule has 0 unspecified atom stereocenters. The molecule has 0 bridgehead atoms. The molecule has 1 aliphatic rings. The van der Waals surface area contributed by atoms with Gasteiger partial charge in [0.2, 0.25) is 5.91 Å². The molecule has 0 atom stereocenters. The van der Waals surface area contributed by atoms with Gasteiger partial charge >= 0.3 is 0 Å². The number of rotatable bonds is 6. The van der Waals surface area contributed by atoms with Gasteiger partial charge < -0.3 is 10.0 Å². The number of piperazine rings is 1. The van der Waals surface area contributed by atoms with Crippen molar-refractivity contribution in [2.45, 2.75) is 0 Å². The topological polar surface area (TPSA) is 61.6 Å². The Morgan fingerprint density at radius 3 is 2.59 bits per heavy atom. The van der Waals surface area contributed by atoms with Gasteiger partial charge in [-0.3, -0.25) is 9.69 Å². The molecular weight excluding hydrogens is 384 g/mol. The minimum absolute atomic E-state index is 0.0123. The number of benzene rings is 1. The number of carbonyl (C=O) groups is 1. The van der Waals surface area contributed by atoms with E-state index in [0.717, 1.165) is 34.9 Å². The van der Waals surface area contributed by atoms with Crippen LogP contribution in [0.3, 0.4) is 0 Å². The van der Waals surface area contributed by atoms with E-state index < -0.39 is 0 Å². The molecule has 7 heteroatoms. The van der Waals surface area contributed by atoms with Gasteiger partial charge in [0.1, 0.15) is 5.69 Å². The molecule has 150 valence electrons. The van der Waals surface area contributed by atoms with Gasteiger partial charge in [-0.2, -0.15) is 5.10 Å². The quantitative estimate of drug-likeness (QED) is 0.637. The van der Waals surface area contributed by atoms with Crippen molar-refractivity contribution in [3.8, 4) is 16.3 Å². The van der Waals surface area contributed by atoms with E-state index in [1.54, 1.807) is 17.4 Å². The molecule has 4 rings (SSSR count). The third-order valence-corrected chi connectivity index (χ3v) is 5.90. The van der Waals surface area contributed by atoms with Crippen molar-refractivity contribution in [3.63, 3.8) is 0 Å². The van der Waals surface area contributed by atoms with Gasteiger partial charge in [-0.1, -0.05) is 24.3 Å². The van der Waals surface area contributed by atoms with Crippen molar-refractivity contribution in [2.24, 2.45) is 0 Å². The van der Waals surface area contributed by atoms with Gasteiger partial charge in [0.15, 0.2) is 0 Å². The molecule has 3 aromatic rings. The minimum atomic E-state index is 0.0123. The first kappa shape index (κ1) is 19.6. The summed E-state index contributed by atoms with van der Waals surface area (Å²) in [6.07, 6.45) is 5.47. The van der Waals surface area contributed by atoms with Gasteiger partial charge in [0.25, 0.3) is 0 Å². The van der Waals surface area contributed by atoms with Crippen LogP contribution in [-0.4, -0.2) is 69.9 Å². The molecule has 1 N–H and O–H groups in total. The zero-order valence-electron chi connectivity index (χ0n) is 16.1. The Labute approximate surface area is 174 Å². The van der Waals surface area contributed by atoms with E-state index in [0.29, 0.717) is 19.6 Å². The average Bonchev–Trinajstić information content (AvgIpc) is 3.43. The van der Waals surface area contributed by atoms with Crippen LogP contribution in [0.2, 0.25) is 0 Å². The number of carbonyl (C=O) groups excluding carboxylic acids is 1. The molecule has 0 aliphatic carbocycles. The fraction of sp³-hybridized carbons (Fsp3) is 0.273. The second-order valence-corrected chi connectivity index (χ2v) is 7.86. The van der Waals surface area contributed by atoms with Crippen LogP contribution in [0.15, 0.2) is 60.1 Å². The lowest BCUT2D eigenvalue weighted by atomic mass is 10.2. The number of hydrogen-bond donors (Lipinski definition) is 1. The molecule has 1 aliphatic heterocycles. The van der Waals surface area contributed by atoms with Crippen LogP contribution < -0.4 is 0 Å². The number of aromatic nitrogens is 2. The SMILES string of the molecule is O=C(/C=C/c1cn(-c2ccccc2)nc1-c1cccs1)N1CCN(CCO)CC1. The van der Waals surface area contributed by atoms with E-state index in [4.69, 9.17) is 10.2 Å². The number of para-hydroxylation sites is 1. The Hall–Kier alpha value is -2.74. The maximum absolute atomic E-state index is 12.7. The zero-order valence-corrected chi connectivity index (χ0v) is 17.0. The number of nitrogens with zero attached hydrogens (tertiary/aromatic N) is 4. The molecular formula is C22H24N4O2S. The van der Waals surface area contributed by atoms with Crippen LogP contribution in [0.4, 0.5) is 0 Å². The highest BCUT2D eigenvalue weighted by atomic mass is 32.1. The molecule has 6 nitrogen and oxygen atoms in total. The highest BCUT2D eigenvalue weighted by molar-refractivity contribution is 7.13. The number of amides is 1. The maximum Gasteiger partial charge on any atom is 0.246 e. The predicted molar refractivity (Wildman–Crippen MR) is 116 cm³/mol. The average molecular weight is 409 g/mol. The van der Waals surface area contributed by atoms with Gasteiger partial charge in [-0.05, 0) is 29.7 Å². The number of aliphatic hydroxyl groups is 1. The van der Waals surface area contributed by atoms with Gasteiger partial charge in [0, 0.05) is 50.6 Å². The van der Waals surface area contributed by atoms with Crippen molar-refractivity contribution < 1.29 is 9.90 Å². The van der Waals surface area contributed by atoms with Crippen LogP contribution in [0.5, 0.6) is 0 Å². The van der Waals surface area contributed by atoms with Crippen molar-refractivity contribution >= 4 is 23.3 Å². The van der Waals surface area contributed by atoms with E-state index in [2.05, 4.69) is 4.90 Å². The maximum atomic E-state index is 12.7. The fourth-order valence-electron chi connectivity index (χ4n) is 3.43. The van der Waals surface area contributed by atoms with Crippen LogP contribution in [0, 0.1) is 0 Å². The summed E-state index contributed by atoms with van der Waals surface area (Å²) in [5, 5.41) is 15.8. The van der Waals surface area contributed by atoms with Gasteiger partial charge in [-0.15, -0.1) is 11.3 Å². The summed E-state index contributed by atoms with van der Waals surface area (Å²) < 4.78 is 1.85. The Kier molecular flexibility index (Phi) is 6.19. The molecule has 0 saturated carbocycles. The predicted octanol–water partition coefficient (Wildman–Crippen LogP) is 2.75. The first-order chi connectivity index (χ1) is 14.2. The molecule has 3 heterocycles. The molecule has 2 aromatic heterocycles. The Balaban J connectivity index is 1.53. The van der Waals surface area contributed by atoms with Crippen LogP contribution >= 0.6 is 11.3 Å². The first-order valence-electron chi connectivity index (χ1n) is 9.74. The van der Waals surface area contributed by atoms with E-state index in [1.165, 1.54) is 0 Å². The molecule has 1 saturated heterocycles. The normalized spacial score (nSPS) is 15.3. The second kappa shape index (κ2) is 9.17. The molecule has 1 aromatic carbocycles. The smallest absolute Gasteiger partial charge is 0.246 e.